The van der Waals surface area contributed by atoms with Gasteiger partial charge in [0.15, 0.2) is 0 Å². The zero-order valence-electron chi connectivity index (χ0n) is 31.8. The lowest BCUT2D eigenvalue weighted by atomic mass is 9.74. The Hall–Kier alpha value is -6.79. The first-order valence-corrected chi connectivity index (χ1v) is 18.2. The summed E-state index contributed by atoms with van der Waals surface area (Å²) in [5.41, 5.74) is -0.737. The van der Waals surface area contributed by atoms with E-state index in [-0.39, 0.29) is 11.4 Å². The third kappa shape index (κ3) is 6.16. The standard InChI is InChI=1S/C46H36F4N4O4/c1-55-32-15-5-11-28(23-32)40-27-51-46(53-40,42-38(49)21-10-22-39(42)50)54-44(41-36(47)19-9-20-37(41)48)52-43(29-12-6-16-33(24-29)56-2)45(54,30-13-7-17-34(25-30)57-3)31-14-8-18-35(26-31)58-4/h5-27,44H,1-4H3. The molecule has 2 aliphatic heterocycles. The molecule has 0 radical (unpaired) electrons. The summed E-state index contributed by atoms with van der Waals surface area (Å²) in [7, 11) is 6.02. The number of ether oxygens (including phenoxy) is 4. The maximum absolute atomic E-state index is 16.9. The molecule has 2 heterocycles. The van der Waals surface area contributed by atoms with Gasteiger partial charge in [0.2, 0.25) is 5.79 Å². The second-order valence-electron chi connectivity index (χ2n) is 13.5. The molecule has 0 aliphatic carbocycles. The number of hydrogen-bond donors (Lipinski definition) is 0. The van der Waals surface area contributed by atoms with Crippen molar-refractivity contribution in [1.29, 1.82) is 0 Å². The van der Waals surface area contributed by atoms with E-state index >= 15 is 17.6 Å². The third-order valence-corrected chi connectivity index (χ3v) is 10.4. The first-order chi connectivity index (χ1) is 28.2. The molecule has 6 aromatic rings. The lowest BCUT2D eigenvalue weighted by Gasteiger charge is -2.49. The number of rotatable bonds is 11. The van der Waals surface area contributed by atoms with Crippen molar-refractivity contribution in [1.82, 2.24) is 4.90 Å². The molecular formula is C46H36F4N4O4. The minimum atomic E-state index is -2.45. The van der Waals surface area contributed by atoms with Gasteiger partial charge < -0.3 is 18.9 Å². The van der Waals surface area contributed by atoms with Crippen LogP contribution >= 0.6 is 0 Å². The van der Waals surface area contributed by atoms with Crippen molar-refractivity contribution < 1.29 is 36.5 Å². The van der Waals surface area contributed by atoms with Crippen molar-refractivity contribution in [2.75, 3.05) is 28.4 Å². The summed E-state index contributed by atoms with van der Waals surface area (Å²) >= 11 is 0. The zero-order chi connectivity index (χ0) is 40.6. The highest BCUT2D eigenvalue weighted by molar-refractivity contribution is 6.39. The second kappa shape index (κ2) is 15.3. The fourth-order valence-electron chi connectivity index (χ4n) is 7.87. The smallest absolute Gasteiger partial charge is 0.243 e. The van der Waals surface area contributed by atoms with Crippen LogP contribution in [0.4, 0.5) is 17.6 Å². The fraction of sp³-hybridized carbons (Fsp3) is 0.152. The predicted molar refractivity (Wildman–Crippen MR) is 213 cm³/mol. The Labute approximate surface area is 332 Å². The van der Waals surface area contributed by atoms with E-state index in [9.17, 15) is 0 Å². The minimum absolute atomic E-state index is 0.203. The Balaban J connectivity index is 1.61. The van der Waals surface area contributed by atoms with Gasteiger partial charge in [0, 0.05) is 11.1 Å². The second-order valence-corrected chi connectivity index (χ2v) is 13.5. The Morgan fingerprint density at radius 2 is 0.983 bits per heavy atom. The molecule has 292 valence electrons. The fourth-order valence-corrected chi connectivity index (χ4v) is 7.87. The Morgan fingerprint density at radius 3 is 1.52 bits per heavy atom. The van der Waals surface area contributed by atoms with Gasteiger partial charge in [-0.15, -0.1) is 0 Å². The van der Waals surface area contributed by atoms with E-state index in [0.717, 1.165) is 24.3 Å². The lowest BCUT2D eigenvalue weighted by Crippen LogP contribution is -2.58. The van der Waals surface area contributed by atoms with Gasteiger partial charge in [-0.3, -0.25) is 4.99 Å². The van der Waals surface area contributed by atoms with Gasteiger partial charge in [0.05, 0.1) is 57.2 Å². The summed E-state index contributed by atoms with van der Waals surface area (Å²) in [4.78, 5) is 16.8. The Morgan fingerprint density at radius 1 is 0.534 bits per heavy atom. The van der Waals surface area contributed by atoms with Crippen molar-refractivity contribution in [3.8, 4) is 23.0 Å². The van der Waals surface area contributed by atoms with Crippen LogP contribution in [0.2, 0.25) is 0 Å². The van der Waals surface area contributed by atoms with Crippen LogP contribution in [-0.2, 0) is 11.3 Å². The van der Waals surface area contributed by atoms with Crippen LogP contribution < -0.4 is 18.9 Å². The Kier molecular flexibility index (Phi) is 10.0. The quantitative estimate of drug-likeness (QED) is 0.123. The number of hydrogen-bond acceptors (Lipinski definition) is 8. The molecule has 12 heteroatoms. The van der Waals surface area contributed by atoms with E-state index in [4.69, 9.17) is 33.9 Å². The van der Waals surface area contributed by atoms with Crippen LogP contribution in [0, 0.1) is 23.3 Å². The molecule has 0 spiro atoms. The van der Waals surface area contributed by atoms with E-state index in [1.807, 2.05) is 0 Å². The molecule has 0 saturated carbocycles. The molecule has 0 saturated heterocycles. The molecule has 2 unspecified atom stereocenters. The average molecular weight is 785 g/mol. The topological polar surface area (TPSA) is 77.2 Å². The van der Waals surface area contributed by atoms with Gasteiger partial charge in [-0.2, -0.15) is 0 Å². The lowest BCUT2D eigenvalue weighted by molar-refractivity contribution is 0.00579. The highest BCUT2D eigenvalue weighted by Gasteiger charge is 2.64. The summed E-state index contributed by atoms with van der Waals surface area (Å²) in [5.74, 6) is -4.65. The highest BCUT2D eigenvalue weighted by atomic mass is 19.1. The predicted octanol–water partition coefficient (Wildman–Crippen LogP) is 9.41. The molecule has 58 heavy (non-hydrogen) atoms. The molecule has 0 N–H and O–H groups in total. The van der Waals surface area contributed by atoms with Crippen LogP contribution in [0.3, 0.4) is 0 Å². The molecule has 0 bridgehead atoms. The Bertz CT molecular complexity index is 2540. The number of aliphatic imine (C=N–C) groups is 3. The average Bonchev–Trinajstić information content (AvgIpc) is 3.85. The van der Waals surface area contributed by atoms with Gasteiger partial charge >= 0.3 is 0 Å². The van der Waals surface area contributed by atoms with E-state index in [1.165, 1.54) is 51.7 Å². The largest absolute Gasteiger partial charge is 0.497 e. The van der Waals surface area contributed by atoms with Crippen molar-refractivity contribution in [3.63, 3.8) is 0 Å². The molecule has 0 amide bonds. The summed E-state index contributed by atoms with van der Waals surface area (Å²) in [6.45, 7) is 0. The number of halogens is 4. The van der Waals surface area contributed by atoms with Crippen molar-refractivity contribution >= 4 is 17.6 Å². The number of benzene rings is 6. The maximum Gasteiger partial charge on any atom is 0.243 e. The van der Waals surface area contributed by atoms with Crippen molar-refractivity contribution in [2.45, 2.75) is 17.5 Å². The van der Waals surface area contributed by atoms with Crippen LogP contribution in [0.5, 0.6) is 23.0 Å². The molecule has 8 rings (SSSR count). The normalized spacial score (nSPS) is 18.4. The first kappa shape index (κ1) is 38.1. The third-order valence-electron chi connectivity index (χ3n) is 10.4. The maximum atomic E-state index is 16.9. The van der Waals surface area contributed by atoms with Gasteiger partial charge in [-0.1, -0.05) is 60.7 Å². The SMILES string of the molecule is COc1cccc(C2=NC(c3c(F)cccc3F)(N3C(c4c(F)cccc4F)N=C(c4cccc(OC)c4)C3(c3cccc(OC)c3)c3cccc(OC)c3)N=C2)c1. The summed E-state index contributed by atoms with van der Waals surface area (Å²) < 4.78 is 89.6. The summed E-state index contributed by atoms with van der Waals surface area (Å²) in [6, 6.07) is 34.7. The summed E-state index contributed by atoms with van der Waals surface area (Å²) in [6.07, 6.45) is -0.301. The monoisotopic (exact) mass is 784 g/mol. The summed E-state index contributed by atoms with van der Waals surface area (Å²) in [5, 5.41) is 0. The van der Waals surface area contributed by atoms with E-state index in [1.54, 1.807) is 97.1 Å². The molecule has 0 aromatic heterocycles. The molecule has 2 aliphatic rings. The van der Waals surface area contributed by atoms with Gasteiger partial charge in [-0.25, -0.2) is 32.4 Å². The van der Waals surface area contributed by atoms with Crippen LogP contribution in [-0.4, -0.2) is 51.0 Å². The van der Waals surface area contributed by atoms with E-state index < -0.39 is 51.9 Å². The van der Waals surface area contributed by atoms with Crippen LogP contribution in [0.25, 0.3) is 0 Å². The van der Waals surface area contributed by atoms with Gasteiger partial charge in [-0.05, 0) is 83.9 Å². The van der Waals surface area contributed by atoms with Crippen LogP contribution in [0.15, 0.2) is 148 Å². The number of nitrogens with zero attached hydrogens (tertiary/aromatic N) is 4. The van der Waals surface area contributed by atoms with E-state index in [2.05, 4.69) is 0 Å². The molecule has 6 aromatic carbocycles. The van der Waals surface area contributed by atoms with Crippen molar-refractivity contribution in [2.24, 2.45) is 15.0 Å². The minimum Gasteiger partial charge on any atom is -0.497 e. The zero-order valence-corrected chi connectivity index (χ0v) is 31.8. The molecular weight excluding hydrogens is 749 g/mol. The van der Waals surface area contributed by atoms with Gasteiger partial charge in [0.25, 0.3) is 0 Å². The van der Waals surface area contributed by atoms with Crippen molar-refractivity contribution in [3.05, 3.63) is 190 Å². The first-order valence-electron chi connectivity index (χ1n) is 18.2. The molecule has 2 atom stereocenters. The van der Waals surface area contributed by atoms with E-state index in [0.29, 0.717) is 45.3 Å². The molecule has 0 fully saturated rings. The van der Waals surface area contributed by atoms with Crippen LogP contribution in [0.1, 0.15) is 39.5 Å². The van der Waals surface area contributed by atoms with Gasteiger partial charge in [0.1, 0.15) is 58.0 Å². The number of methoxy groups -OCH3 is 4. The molecule has 8 nitrogen and oxygen atoms in total. The highest BCUT2D eigenvalue weighted by Crippen LogP contribution is 2.59.